The SMILES string of the molecule is CC1CCCC(Oc2cccc(C=C3CCN(C(=O)Nc4cccnc4)CC3)c2)C1. The predicted octanol–water partition coefficient (Wildman–Crippen LogP) is 5.75. The summed E-state index contributed by atoms with van der Waals surface area (Å²) in [4.78, 5) is 18.3. The first-order chi connectivity index (χ1) is 14.7. The van der Waals surface area contributed by atoms with Crippen LogP contribution in [0.25, 0.3) is 6.08 Å². The first-order valence-electron chi connectivity index (χ1n) is 11.1. The van der Waals surface area contributed by atoms with Crippen molar-refractivity contribution in [2.45, 2.75) is 51.6 Å². The molecule has 2 atom stereocenters. The standard InChI is InChI=1S/C25H31N3O2/c1-19-5-2-8-23(15-19)30-24-9-3-6-21(17-24)16-20-10-13-28(14-11-20)25(29)27-22-7-4-12-26-18-22/h3-4,6-7,9,12,16-19,23H,2,5,8,10-11,13-15H2,1H3,(H,27,29). The van der Waals surface area contributed by atoms with E-state index in [1.807, 2.05) is 17.0 Å². The summed E-state index contributed by atoms with van der Waals surface area (Å²) in [6, 6.07) is 12.0. The van der Waals surface area contributed by atoms with Crippen molar-refractivity contribution in [3.8, 4) is 5.75 Å². The fourth-order valence-corrected chi connectivity index (χ4v) is 4.37. The van der Waals surface area contributed by atoms with Gasteiger partial charge in [0.1, 0.15) is 5.75 Å². The molecule has 0 radical (unpaired) electrons. The molecule has 2 aromatic rings. The van der Waals surface area contributed by atoms with Gasteiger partial charge in [0.2, 0.25) is 0 Å². The van der Waals surface area contributed by atoms with Crippen molar-refractivity contribution < 1.29 is 9.53 Å². The highest BCUT2D eigenvalue weighted by Crippen LogP contribution is 2.28. The third-order valence-electron chi connectivity index (χ3n) is 6.03. The highest BCUT2D eigenvalue weighted by Gasteiger charge is 2.21. The second kappa shape index (κ2) is 9.79. The molecule has 0 bridgehead atoms. The van der Waals surface area contributed by atoms with Gasteiger partial charge in [-0.15, -0.1) is 0 Å². The van der Waals surface area contributed by atoms with Crippen LogP contribution in [0.5, 0.6) is 5.75 Å². The molecule has 2 heterocycles. The van der Waals surface area contributed by atoms with Crippen LogP contribution in [0.2, 0.25) is 0 Å². The number of likely N-dealkylation sites (tertiary alicyclic amines) is 1. The van der Waals surface area contributed by atoms with E-state index in [9.17, 15) is 4.79 Å². The molecular formula is C25H31N3O2. The van der Waals surface area contributed by atoms with Gasteiger partial charge < -0.3 is 15.0 Å². The van der Waals surface area contributed by atoms with E-state index in [-0.39, 0.29) is 6.03 Å². The molecule has 1 aliphatic carbocycles. The number of pyridine rings is 1. The van der Waals surface area contributed by atoms with E-state index in [1.165, 1.54) is 24.0 Å². The molecule has 2 amide bonds. The molecule has 4 rings (SSSR count). The topological polar surface area (TPSA) is 54.5 Å². The van der Waals surface area contributed by atoms with Crippen LogP contribution in [0.1, 0.15) is 51.0 Å². The number of urea groups is 1. The summed E-state index contributed by atoms with van der Waals surface area (Å²) in [6.07, 6.45) is 12.7. The second-order valence-electron chi connectivity index (χ2n) is 8.55. The fraction of sp³-hybridized carbons (Fsp3) is 0.440. The largest absolute Gasteiger partial charge is 0.490 e. The number of nitrogens with one attached hydrogen (secondary N) is 1. The number of hydrogen-bond acceptors (Lipinski definition) is 3. The first-order valence-corrected chi connectivity index (χ1v) is 11.1. The first kappa shape index (κ1) is 20.5. The van der Waals surface area contributed by atoms with Gasteiger partial charge in [0.25, 0.3) is 0 Å². The Bertz CT molecular complexity index is 871. The molecule has 2 aliphatic rings. The van der Waals surface area contributed by atoms with Crippen molar-refractivity contribution in [2.75, 3.05) is 18.4 Å². The van der Waals surface area contributed by atoms with E-state index in [1.54, 1.807) is 12.4 Å². The highest BCUT2D eigenvalue weighted by molar-refractivity contribution is 5.89. The van der Waals surface area contributed by atoms with Gasteiger partial charge in [0, 0.05) is 19.3 Å². The van der Waals surface area contributed by atoms with Crippen molar-refractivity contribution in [1.29, 1.82) is 0 Å². The molecule has 5 nitrogen and oxygen atoms in total. The number of amides is 2. The predicted molar refractivity (Wildman–Crippen MR) is 121 cm³/mol. The maximum Gasteiger partial charge on any atom is 0.321 e. The third-order valence-corrected chi connectivity index (χ3v) is 6.03. The molecule has 1 saturated carbocycles. The average Bonchev–Trinajstić information content (AvgIpc) is 2.75. The molecule has 1 N–H and O–H groups in total. The fourth-order valence-electron chi connectivity index (χ4n) is 4.37. The number of aromatic nitrogens is 1. The van der Waals surface area contributed by atoms with Crippen LogP contribution in [0.3, 0.4) is 0 Å². The van der Waals surface area contributed by atoms with Crippen molar-refractivity contribution in [3.63, 3.8) is 0 Å². The van der Waals surface area contributed by atoms with Gasteiger partial charge in [-0.1, -0.05) is 37.1 Å². The summed E-state index contributed by atoms with van der Waals surface area (Å²) >= 11 is 0. The van der Waals surface area contributed by atoms with Crippen molar-refractivity contribution >= 4 is 17.8 Å². The molecule has 1 aromatic heterocycles. The molecule has 30 heavy (non-hydrogen) atoms. The summed E-state index contributed by atoms with van der Waals surface area (Å²) in [5, 5.41) is 2.91. The summed E-state index contributed by atoms with van der Waals surface area (Å²) in [5.74, 6) is 1.73. The number of hydrogen-bond donors (Lipinski definition) is 1. The molecule has 1 saturated heterocycles. The van der Waals surface area contributed by atoms with Gasteiger partial charge in [0.15, 0.2) is 0 Å². The summed E-state index contributed by atoms with van der Waals surface area (Å²) < 4.78 is 6.27. The van der Waals surface area contributed by atoms with Crippen LogP contribution in [0.15, 0.2) is 54.4 Å². The highest BCUT2D eigenvalue weighted by atomic mass is 16.5. The lowest BCUT2D eigenvalue weighted by Gasteiger charge is -2.29. The van der Waals surface area contributed by atoms with E-state index in [0.717, 1.165) is 56.1 Å². The Morgan fingerprint density at radius 2 is 2.07 bits per heavy atom. The van der Waals surface area contributed by atoms with Crippen LogP contribution in [-0.2, 0) is 0 Å². The van der Waals surface area contributed by atoms with Gasteiger partial charge in [-0.25, -0.2) is 4.79 Å². The number of carbonyl (C=O) groups excluding carboxylic acids is 1. The molecule has 2 unspecified atom stereocenters. The Labute approximate surface area is 179 Å². The number of piperidine rings is 1. The Balaban J connectivity index is 1.31. The second-order valence-corrected chi connectivity index (χ2v) is 8.55. The van der Waals surface area contributed by atoms with Gasteiger partial charge >= 0.3 is 6.03 Å². The summed E-state index contributed by atoms with van der Waals surface area (Å²) in [5.41, 5.74) is 3.29. The minimum absolute atomic E-state index is 0.0563. The van der Waals surface area contributed by atoms with Crippen LogP contribution in [-0.4, -0.2) is 35.1 Å². The normalized spacial score (nSPS) is 21.8. The third kappa shape index (κ3) is 5.62. The van der Waals surface area contributed by atoms with Gasteiger partial charge in [0.05, 0.1) is 18.0 Å². The lowest BCUT2D eigenvalue weighted by Crippen LogP contribution is -2.39. The van der Waals surface area contributed by atoms with E-state index in [2.05, 4.69) is 47.6 Å². The molecule has 1 aliphatic heterocycles. The van der Waals surface area contributed by atoms with Crippen LogP contribution in [0.4, 0.5) is 10.5 Å². The zero-order chi connectivity index (χ0) is 20.8. The van der Waals surface area contributed by atoms with Crippen molar-refractivity contribution in [3.05, 3.63) is 59.9 Å². The number of carbonyl (C=O) groups is 1. The maximum absolute atomic E-state index is 12.4. The monoisotopic (exact) mass is 405 g/mol. The quantitative estimate of drug-likeness (QED) is 0.704. The van der Waals surface area contributed by atoms with Gasteiger partial charge in [-0.3, -0.25) is 4.98 Å². The van der Waals surface area contributed by atoms with Crippen LogP contribution >= 0.6 is 0 Å². The lowest BCUT2D eigenvalue weighted by atomic mass is 9.89. The summed E-state index contributed by atoms with van der Waals surface area (Å²) in [7, 11) is 0. The zero-order valence-corrected chi connectivity index (χ0v) is 17.7. The number of rotatable bonds is 4. The van der Waals surface area contributed by atoms with Crippen molar-refractivity contribution in [2.24, 2.45) is 5.92 Å². The van der Waals surface area contributed by atoms with Crippen LogP contribution < -0.4 is 10.1 Å². The van der Waals surface area contributed by atoms with E-state index >= 15 is 0 Å². The van der Waals surface area contributed by atoms with Gasteiger partial charge in [-0.2, -0.15) is 0 Å². The number of ether oxygens (including phenoxy) is 1. The molecule has 0 spiro atoms. The van der Waals surface area contributed by atoms with E-state index in [4.69, 9.17) is 4.74 Å². The Morgan fingerprint density at radius 1 is 1.20 bits per heavy atom. The molecule has 158 valence electrons. The molecular weight excluding hydrogens is 374 g/mol. The Kier molecular flexibility index (Phi) is 6.67. The Morgan fingerprint density at radius 3 is 2.83 bits per heavy atom. The zero-order valence-electron chi connectivity index (χ0n) is 17.7. The maximum atomic E-state index is 12.4. The number of anilines is 1. The summed E-state index contributed by atoms with van der Waals surface area (Å²) in [6.45, 7) is 3.78. The van der Waals surface area contributed by atoms with Gasteiger partial charge in [-0.05, 0) is 67.9 Å². The molecule has 2 fully saturated rings. The molecule has 5 heteroatoms. The van der Waals surface area contributed by atoms with Crippen LogP contribution in [0, 0.1) is 5.92 Å². The average molecular weight is 406 g/mol. The molecule has 1 aromatic carbocycles. The Hall–Kier alpha value is -2.82. The number of nitrogens with zero attached hydrogens (tertiary/aromatic N) is 2. The number of benzene rings is 1. The minimum atomic E-state index is -0.0563. The van der Waals surface area contributed by atoms with E-state index in [0.29, 0.717) is 6.10 Å². The minimum Gasteiger partial charge on any atom is -0.490 e. The van der Waals surface area contributed by atoms with Crippen molar-refractivity contribution in [1.82, 2.24) is 9.88 Å². The smallest absolute Gasteiger partial charge is 0.321 e. The van der Waals surface area contributed by atoms with E-state index < -0.39 is 0 Å². The lowest BCUT2D eigenvalue weighted by molar-refractivity contribution is 0.129.